The van der Waals surface area contributed by atoms with Crippen LogP contribution in [0, 0.1) is 12.8 Å². The number of H-pyrrole nitrogens is 1. The van der Waals surface area contributed by atoms with E-state index in [1.165, 1.54) is 12.8 Å². The zero-order valence-corrected chi connectivity index (χ0v) is 19.1. The monoisotopic (exact) mass is 451 g/mol. The average Bonchev–Trinajstić information content (AvgIpc) is 3.51. The summed E-state index contributed by atoms with van der Waals surface area (Å²) in [6.45, 7) is 4.84. The smallest absolute Gasteiger partial charge is 0.335 e. The number of fused-ring (bicyclic) bond motifs is 2. The van der Waals surface area contributed by atoms with Crippen molar-refractivity contribution in [3.05, 3.63) is 77.1 Å². The van der Waals surface area contributed by atoms with E-state index in [0.717, 1.165) is 50.0 Å². The fraction of sp³-hybridized carbons (Fsp3) is 0.250. The van der Waals surface area contributed by atoms with Gasteiger partial charge in [-0.2, -0.15) is 0 Å². The third-order valence-electron chi connectivity index (χ3n) is 7.31. The van der Waals surface area contributed by atoms with Gasteiger partial charge in [0.1, 0.15) is 5.65 Å². The summed E-state index contributed by atoms with van der Waals surface area (Å²) in [6, 6.07) is 13.5. The molecule has 2 N–H and O–H groups in total. The fourth-order valence-electron chi connectivity index (χ4n) is 5.24. The Hall–Kier alpha value is -3.93. The van der Waals surface area contributed by atoms with Crippen LogP contribution in [0.5, 0.6) is 0 Å². The van der Waals surface area contributed by atoms with Crippen LogP contribution in [0.25, 0.3) is 33.3 Å². The maximum absolute atomic E-state index is 13.1. The van der Waals surface area contributed by atoms with Gasteiger partial charge in [0.2, 0.25) is 0 Å². The van der Waals surface area contributed by atoms with Gasteiger partial charge in [-0.25, -0.2) is 9.78 Å². The number of benzene rings is 2. The molecule has 170 valence electrons. The normalized spacial score (nSPS) is 16.2. The highest BCUT2D eigenvalue weighted by molar-refractivity contribution is 6.01. The molecular formula is C28H25N3O3. The number of aromatic carboxylic acids is 1. The summed E-state index contributed by atoms with van der Waals surface area (Å²) < 4.78 is 0. The Morgan fingerprint density at radius 3 is 2.74 bits per heavy atom. The molecule has 0 unspecified atom stereocenters. The third-order valence-corrected chi connectivity index (χ3v) is 7.31. The predicted molar refractivity (Wildman–Crippen MR) is 131 cm³/mol. The largest absolute Gasteiger partial charge is 0.478 e. The number of hydrogen-bond donors (Lipinski definition) is 2. The van der Waals surface area contributed by atoms with Gasteiger partial charge in [0.25, 0.3) is 5.91 Å². The van der Waals surface area contributed by atoms with Crippen LogP contribution in [-0.2, 0) is 6.54 Å². The molecule has 2 aliphatic rings. The molecule has 1 atom stereocenters. The number of nitrogens with one attached hydrogen (secondary N) is 1. The van der Waals surface area contributed by atoms with Crippen LogP contribution in [0.3, 0.4) is 0 Å². The first-order valence-corrected chi connectivity index (χ1v) is 11.7. The molecule has 1 saturated carbocycles. The second-order valence-corrected chi connectivity index (χ2v) is 9.55. The molecule has 0 bridgehead atoms. The molecule has 0 spiro atoms. The molecule has 3 heterocycles. The van der Waals surface area contributed by atoms with Crippen molar-refractivity contribution in [2.75, 3.05) is 0 Å². The van der Waals surface area contributed by atoms with E-state index in [-0.39, 0.29) is 17.5 Å². The molecule has 2 aromatic heterocycles. The summed E-state index contributed by atoms with van der Waals surface area (Å²) >= 11 is 0. The molecule has 1 fully saturated rings. The molecule has 1 amide bonds. The lowest BCUT2D eigenvalue weighted by Gasteiger charge is -2.24. The average molecular weight is 452 g/mol. The number of carboxylic acid groups (broad SMARTS) is 1. The molecule has 1 aliphatic heterocycles. The minimum absolute atomic E-state index is 0.151. The lowest BCUT2D eigenvalue weighted by atomic mass is 9.96. The molecule has 34 heavy (non-hydrogen) atoms. The molecule has 1 aliphatic carbocycles. The van der Waals surface area contributed by atoms with Gasteiger partial charge in [0.05, 0.1) is 5.56 Å². The number of carboxylic acids is 1. The van der Waals surface area contributed by atoms with E-state index in [1.54, 1.807) is 18.2 Å². The Balaban J connectivity index is 1.40. The van der Waals surface area contributed by atoms with Gasteiger partial charge in [-0.3, -0.25) is 4.79 Å². The fourth-order valence-corrected chi connectivity index (χ4v) is 5.24. The number of rotatable bonds is 5. The summed E-state index contributed by atoms with van der Waals surface area (Å²) in [6.07, 6.45) is 6.14. The Morgan fingerprint density at radius 1 is 1.15 bits per heavy atom. The maximum atomic E-state index is 13.1. The number of aromatic amines is 1. The van der Waals surface area contributed by atoms with E-state index in [2.05, 4.69) is 35.1 Å². The highest BCUT2D eigenvalue weighted by Crippen LogP contribution is 2.40. The first-order valence-electron chi connectivity index (χ1n) is 11.7. The van der Waals surface area contributed by atoms with Crippen molar-refractivity contribution in [3.8, 4) is 22.3 Å². The number of carbonyl (C=O) groups is 2. The van der Waals surface area contributed by atoms with Crippen LogP contribution in [0.2, 0.25) is 0 Å². The number of pyridine rings is 1. The second-order valence-electron chi connectivity index (χ2n) is 9.55. The zero-order valence-electron chi connectivity index (χ0n) is 19.1. The van der Waals surface area contributed by atoms with Crippen LogP contribution in [-0.4, -0.2) is 37.9 Å². The van der Waals surface area contributed by atoms with Crippen LogP contribution >= 0.6 is 0 Å². The zero-order chi connectivity index (χ0) is 23.6. The Kier molecular flexibility index (Phi) is 4.59. The van der Waals surface area contributed by atoms with Crippen LogP contribution in [0.1, 0.15) is 51.6 Å². The highest BCUT2D eigenvalue weighted by Gasteiger charge is 2.39. The van der Waals surface area contributed by atoms with Crippen molar-refractivity contribution >= 4 is 22.9 Å². The third kappa shape index (κ3) is 3.29. The van der Waals surface area contributed by atoms with Crippen LogP contribution in [0.15, 0.2) is 54.9 Å². The molecular weight excluding hydrogens is 426 g/mol. The summed E-state index contributed by atoms with van der Waals surface area (Å²) in [5, 5.41) is 10.3. The maximum Gasteiger partial charge on any atom is 0.335 e. The molecule has 0 radical (unpaired) electrons. The van der Waals surface area contributed by atoms with Gasteiger partial charge in [0, 0.05) is 47.1 Å². The molecule has 6 heteroatoms. The van der Waals surface area contributed by atoms with Crippen molar-refractivity contribution in [2.45, 2.75) is 39.3 Å². The predicted octanol–water partition coefficient (Wildman–Crippen LogP) is 5.66. The first kappa shape index (κ1) is 20.7. The van der Waals surface area contributed by atoms with Crippen molar-refractivity contribution < 1.29 is 14.7 Å². The second kappa shape index (κ2) is 7.55. The van der Waals surface area contributed by atoms with E-state index in [4.69, 9.17) is 0 Å². The molecule has 6 nitrogen and oxygen atoms in total. The summed E-state index contributed by atoms with van der Waals surface area (Å²) in [4.78, 5) is 34.4. The van der Waals surface area contributed by atoms with Crippen LogP contribution in [0.4, 0.5) is 0 Å². The van der Waals surface area contributed by atoms with Gasteiger partial charge in [0.15, 0.2) is 0 Å². The molecule has 2 aromatic carbocycles. The van der Waals surface area contributed by atoms with Crippen molar-refractivity contribution in [1.29, 1.82) is 0 Å². The van der Waals surface area contributed by atoms with E-state index >= 15 is 0 Å². The Labute approximate surface area is 197 Å². The van der Waals surface area contributed by atoms with Crippen molar-refractivity contribution in [3.63, 3.8) is 0 Å². The van der Waals surface area contributed by atoms with Gasteiger partial charge in [-0.15, -0.1) is 0 Å². The van der Waals surface area contributed by atoms with E-state index in [9.17, 15) is 14.7 Å². The first-order chi connectivity index (χ1) is 16.4. The topological polar surface area (TPSA) is 86.3 Å². The minimum atomic E-state index is -0.950. The summed E-state index contributed by atoms with van der Waals surface area (Å²) in [5.41, 5.74) is 7.65. The van der Waals surface area contributed by atoms with Gasteiger partial charge in [-0.05, 0) is 79.1 Å². The number of hydrogen-bond acceptors (Lipinski definition) is 3. The number of nitrogens with zero attached hydrogens (tertiary/aromatic N) is 2. The van der Waals surface area contributed by atoms with Crippen molar-refractivity contribution in [2.24, 2.45) is 5.92 Å². The minimum Gasteiger partial charge on any atom is -0.478 e. The van der Waals surface area contributed by atoms with E-state index < -0.39 is 5.97 Å². The standard InChI is InChI=1S/C28H25N3O3/c1-15-8-20(10-22-14-31(27(32)25(15)22)16(2)17-6-7-17)21-11-23-24(13-30-26(23)29-12-21)18-4-3-5-19(9-18)28(33)34/h3-5,8-13,16-17H,6-7,14H2,1-2H3,(H,29,30)(H,33,34)/t16-/m0/s1. The SMILES string of the molecule is Cc1cc(-c2cnc3[nH]cc(-c4cccc(C(=O)O)c4)c3c2)cc2c1C(=O)N([C@@H](C)C1CC1)C2. The molecule has 4 aromatic rings. The Morgan fingerprint density at radius 2 is 1.97 bits per heavy atom. The number of carbonyl (C=O) groups excluding carboxylic acids is 1. The van der Waals surface area contributed by atoms with E-state index in [1.807, 2.05) is 30.3 Å². The highest BCUT2D eigenvalue weighted by atomic mass is 16.4. The van der Waals surface area contributed by atoms with E-state index in [0.29, 0.717) is 12.5 Å². The van der Waals surface area contributed by atoms with Crippen LogP contribution < -0.4 is 0 Å². The molecule has 0 saturated heterocycles. The summed E-state index contributed by atoms with van der Waals surface area (Å²) in [5.74, 6) is -0.164. The van der Waals surface area contributed by atoms with Gasteiger partial charge >= 0.3 is 5.97 Å². The lowest BCUT2D eigenvalue weighted by molar-refractivity contribution is 0.0688. The Bertz CT molecular complexity index is 1480. The number of aromatic nitrogens is 2. The molecule has 6 rings (SSSR count). The number of amides is 1. The number of aryl methyl sites for hydroxylation is 1. The summed E-state index contributed by atoms with van der Waals surface area (Å²) in [7, 11) is 0. The quantitative estimate of drug-likeness (QED) is 0.410. The van der Waals surface area contributed by atoms with Gasteiger partial charge < -0.3 is 15.0 Å². The van der Waals surface area contributed by atoms with Crippen molar-refractivity contribution in [1.82, 2.24) is 14.9 Å². The van der Waals surface area contributed by atoms with Gasteiger partial charge in [-0.1, -0.05) is 18.2 Å². The lowest BCUT2D eigenvalue weighted by Crippen LogP contribution is -2.34.